The zero-order valence-electron chi connectivity index (χ0n) is 7.46. The predicted octanol–water partition coefficient (Wildman–Crippen LogP) is 4.51. The van der Waals surface area contributed by atoms with Gasteiger partial charge in [-0.05, 0) is 22.8 Å². The number of benzene rings is 1. The summed E-state index contributed by atoms with van der Waals surface area (Å²) in [6.45, 7) is 0. The van der Waals surface area contributed by atoms with Crippen LogP contribution in [0.4, 0.5) is 5.13 Å². The Balaban J connectivity index is 2.37. The Morgan fingerprint density at radius 1 is 1.33 bits per heavy atom. The summed E-state index contributed by atoms with van der Waals surface area (Å²) in [6, 6.07) is 7.81. The van der Waals surface area contributed by atoms with Gasteiger partial charge in [0.15, 0.2) is 5.13 Å². The summed E-state index contributed by atoms with van der Waals surface area (Å²) in [5.41, 5.74) is 10.1. The van der Waals surface area contributed by atoms with Crippen LogP contribution in [0.25, 0.3) is 21.7 Å². The molecule has 0 aliphatic rings. The SMILES string of the molecule is [N-]=[N+]=Nc1nc(-c2ccc(Br)cc2)cs1. The molecule has 2 aromatic rings. The standard InChI is InChI=1S/C9H5BrN4S/c10-7-3-1-6(2-4-7)8-5-15-9(12-8)13-14-11/h1-5H. The molecule has 0 aliphatic carbocycles. The van der Waals surface area contributed by atoms with Crippen LogP contribution < -0.4 is 0 Å². The average Bonchev–Trinajstić information content (AvgIpc) is 2.68. The lowest BCUT2D eigenvalue weighted by molar-refractivity contribution is 1.34. The van der Waals surface area contributed by atoms with Crippen molar-refractivity contribution in [1.29, 1.82) is 0 Å². The van der Waals surface area contributed by atoms with E-state index in [0.29, 0.717) is 5.13 Å². The van der Waals surface area contributed by atoms with Gasteiger partial charge in [-0.2, -0.15) is 0 Å². The van der Waals surface area contributed by atoms with Crippen LogP contribution in [0.15, 0.2) is 39.2 Å². The van der Waals surface area contributed by atoms with Crippen molar-refractivity contribution >= 4 is 32.4 Å². The Morgan fingerprint density at radius 2 is 2.07 bits per heavy atom. The van der Waals surface area contributed by atoms with Crippen LogP contribution in [0.3, 0.4) is 0 Å². The maximum atomic E-state index is 8.25. The Morgan fingerprint density at radius 3 is 2.73 bits per heavy atom. The van der Waals surface area contributed by atoms with Crippen molar-refractivity contribution in [2.75, 3.05) is 0 Å². The Bertz CT molecular complexity index is 513. The maximum Gasteiger partial charge on any atom is 0.180 e. The second kappa shape index (κ2) is 4.44. The molecule has 1 heterocycles. The molecule has 1 aromatic heterocycles. The van der Waals surface area contributed by atoms with Gasteiger partial charge in [0.25, 0.3) is 0 Å². The smallest absolute Gasteiger partial charge is 0.180 e. The van der Waals surface area contributed by atoms with Gasteiger partial charge in [0, 0.05) is 20.3 Å². The molecular formula is C9H5BrN4S. The van der Waals surface area contributed by atoms with Crippen molar-refractivity contribution in [2.45, 2.75) is 0 Å². The van der Waals surface area contributed by atoms with Crippen molar-refractivity contribution in [3.05, 3.63) is 44.6 Å². The number of nitrogens with zero attached hydrogens (tertiary/aromatic N) is 4. The van der Waals surface area contributed by atoms with E-state index >= 15 is 0 Å². The number of rotatable bonds is 2. The number of thiazole rings is 1. The third-order valence-electron chi connectivity index (χ3n) is 1.76. The highest BCUT2D eigenvalue weighted by molar-refractivity contribution is 9.10. The third-order valence-corrected chi connectivity index (χ3v) is 3.02. The first-order chi connectivity index (χ1) is 7.29. The quantitative estimate of drug-likeness (QED) is 0.453. The molecule has 0 saturated carbocycles. The first kappa shape index (κ1) is 10.2. The van der Waals surface area contributed by atoms with Crippen LogP contribution >= 0.6 is 27.3 Å². The minimum atomic E-state index is 0.440. The van der Waals surface area contributed by atoms with Crippen molar-refractivity contribution in [1.82, 2.24) is 4.98 Å². The average molecular weight is 281 g/mol. The molecule has 74 valence electrons. The molecular weight excluding hydrogens is 276 g/mol. The number of azide groups is 1. The van der Waals surface area contributed by atoms with Gasteiger partial charge in [0.1, 0.15) is 0 Å². The van der Waals surface area contributed by atoms with Crippen LogP contribution in [-0.4, -0.2) is 4.98 Å². The molecule has 0 radical (unpaired) electrons. The van der Waals surface area contributed by atoms with E-state index in [9.17, 15) is 0 Å². The topological polar surface area (TPSA) is 61.7 Å². The van der Waals surface area contributed by atoms with E-state index in [2.05, 4.69) is 30.9 Å². The lowest BCUT2D eigenvalue weighted by Gasteiger charge is -1.95. The fraction of sp³-hybridized carbons (Fsp3) is 0. The van der Waals surface area contributed by atoms with E-state index in [4.69, 9.17) is 5.53 Å². The molecule has 6 heteroatoms. The predicted molar refractivity (Wildman–Crippen MR) is 64.1 cm³/mol. The molecule has 15 heavy (non-hydrogen) atoms. The van der Waals surface area contributed by atoms with Gasteiger partial charge in [-0.1, -0.05) is 28.1 Å². The van der Waals surface area contributed by atoms with Gasteiger partial charge in [0.05, 0.1) is 5.69 Å². The number of hydrogen-bond donors (Lipinski definition) is 0. The number of hydrogen-bond acceptors (Lipinski definition) is 3. The second-order valence-corrected chi connectivity index (χ2v) is 4.46. The molecule has 0 unspecified atom stereocenters. The highest BCUT2D eigenvalue weighted by atomic mass is 79.9. The van der Waals surface area contributed by atoms with Crippen LogP contribution in [0.5, 0.6) is 0 Å². The summed E-state index contributed by atoms with van der Waals surface area (Å²) in [5, 5.41) is 5.76. The molecule has 0 bridgehead atoms. The van der Waals surface area contributed by atoms with E-state index in [1.807, 2.05) is 29.6 Å². The lowest BCUT2D eigenvalue weighted by atomic mass is 10.2. The summed E-state index contributed by atoms with van der Waals surface area (Å²) in [6.07, 6.45) is 0. The Hall–Kier alpha value is -1.36. The molecule has 2 rings (SSSR count). The number of halogens is 1. The second-order valence-electron chi connectivity index (χ2n) is 2.71. The van der Waals surface area contributed by atoms with Gasteiger partial charge in [0.2, 0.25) is 0 Å². The van der Waals surface area contributed by atoms with Gasteiger partial charge < -0.3 is 0 Å². The van der Waals surface area contributed by atoms with Crippen molar-refractivity contribution in [3.63, 3.8) is 0 Å². The van der Waals surface area contributed by atoms with E-state index in [0.717, 1.165) is 15.7 Å². The summed E-state index contributed by atoms with van der Waals surface area (Å²) < 4.78 is 1.02. The van der Waals surface area contributed by atoms with Crippen LogP contribution in [0.1, 0.15) is 0 Å². The summed E-state index contributed by atoms with van der Waals surface area (Å²) in [5.74, 6) is 0. The van der Waals surface area contributed by atoms with E-state index in [-0.39, 0.29) is 0 Å². The zero-order chi connectivity index (χ0) is 10.7. The molecule has 0 amide bonds. The first-order valence-corrected chi connectivity index (χ1v) is 5.73. The van der Waals surface area contributed by atoms with Crippen LogP contribution in [0, 0.1) is 0 Å². The molecule has 1 aromatic carbocycles. The lowest BCUT2D eigenvalue weighted by Crippen LogP contribution is -1.75. The minimum Gasteiger partial charge on any atom is -0.235 e. The van der Waals surface area contributed by atoms with Crippen LogP contribution in [0.2, 0.25) is 0 Å². The fourth-order valence-corrected chi connectivity index (χ4v) is 2.01. The highest BCUT2D eigenvalue weighted by Crippen LogP contribution is 2.27. The summed E-state index contributed by atoms with van der Waals surface area (Å²) in [7, 11) is 0. The molecule has 0 N–H and O–H groups in total. The normalized spacial score (nSPS) is 9.67. The molecule has 0 aliphatic heterocycles. The maximum absolute atomic E-state index is 8.25. The minimum absolute atomic E-state index is 0.440. The van der Waals surface area contributed by atoms with E-state index in [1.165, 1.54) is 11.3 Å². The first-order valence-electron chi connectivity index (χ1n) is 4.06. The van der Waals surface area contributed by atoms with Gasteiger partial charge in [-0.15, -0.1) is 11.3 Å². The third kappa shape index (κ3) is 2.36. The summed E-state index contributed by atoms with van der Waals surface area (Å²) >= 11 is 4.69. The molecule has 0 atom stereocenters. The highest BCUT2D eigenvalue weighted by Gasteiger charge is 2.02. The van der Waals surface area contributed by atoms with Crippen molar-refractivity contribution < 1.29 is 0 Å². The van der Waals surface area contributed by atoms with Gasteiger partial charge in [-0.25, -0.2) is 4.98 Å². The number of aromatic nitrogens is 1. The molecule has 0 spiro atoms. The molecule has 0 saturated heterocycles. The van der Waals surface area contributed by atoms with E-state index in [1.54, 1.807) is 0 Å². The van der Waals surface area contributed by atoms with Crippen LogP contribution in [-0.2, 0) is 0 Å². The van der Waals surface area contributed by atoms with Crippen molar-refractivity contribution in [2.24, 2.45) is 5.11 Å². The molecule has 0 fully saturated rings. The zero-order valence-corrected chi connectivity index (χ0v) is 9.86. The van der Waals surface area contributed by atoms with Gasteiger partial charge >= 0.3 is 0 Å². The fourth-order valence-electron chi connectivity index (χ4n) is 1.10. The molecule has 4 nitrogen and oxygen atoms in total. The van der Waals surface area contributed by atoms with Crippen molar-refractivity contribution in [3.8, 4) is 11.3 Å². The Labute approximate surface area is 98.3 Å². The summed E-state index contributed by atoms with van der Waals surface area (Å²) in [4.78, 5) is 6.88. The monoisotopic (exact) mass is 280 g/mol. The Kier molecular flexibility index (Phi) is 3.01. The largest absolute Gasteiger partial charge is 0.235 e. The van der Waals surface area contributed by atoms with E-state index < -0.39 is 0 Å². The van der Waals surface area contributed by atoms with Gasteiger partial charge in [-0.3, -0.25) is 0 Å².